The van der Waals surface area contributed by atoms with Crippen LogP contribution in [0.25, 0.3) is 0 Å². The van der Waals surface area contributed by atoms with E-state index >= 15 is 0 Å². The smallest absolute Gasteiger partial charge is 0.0138 e. The van der Waals surface area contributed by atoms with Gasteiger partial charge in [-0.15, -0.1) is 0 Å². The molecule has 1 aliphatic heterocycles. The predicted molar refractivity (Wildman–Crippen MR) is 92.3 cm³/mol. The van der Waals surface area contributed by atoms with Crippen molar-refractivity contribution in [1.82, 2.24) is 4.90 Å². The molecule has 0 aromatic carbocycles. The van der Waals surface area contributed by atoms with Gasteiger partial charge < -0.3 is 5.73 Å². The molecule has 1 heterocycles. The third-order valence-electron chi connectivity index (χ3n) is 6.76. The van der Waals surface area contributed by atoms with Gasteiger partial charge in [0, 0.05) is 12.6 Å². The van der Waals surface area contributed by atoms with Gasteiger partial charge >= 0.3 is 0 Å². The number of likely N-dealkylation sites (tertiary alicyclic amines) is 1. The maximum absolute atomic E-state index is 6.11. The van der Waals surface area contributed by atoms with E-state index in [0.717, 1.165) is 30.3 Å². The van der Waals surface area contributed by atoms with Gasteiger partial charge in [0.15, 0.2) is 0 Å². The van der Waals surface area contributed by atoms with E-state index < -0.39 is 0 Å². The molecule has 2 aliphatic rings. The average Bonchev–Trinajstić information content (AvgIpc) is 2.95. The third-order valence-corrected chi connectivity index (χ3v) is 6.76. The summed E-state index contributed by atoms with van der Waals surface area (Å²) in [5.74, 6) is 2.59. The summed E-state index contributed by atoms with van der Waals surface area (Å²) in [5, 5.41) is 0. The van der Waals surface area contributed by atoms with Gasteiger partial charge in [0.2, 0.25) is 0 Å². The van der Waals surface area contributed by atoms with Gasteiger partial charge in [-0.25, -0.2) is 0 Å². The summed E-state index contributed by atoms with van der Waals surface area (Å²) in [6, 6.07) is 0.765. The highest BCUT2D eigenvalue weighted by atomic mass is 15.2. The van der Waals surface area contributed by atoms with Crippen molar-refractivity contribution >= 4 is 0 Å². The lowest BCUT2D eigenvalue weighted by molar-refractivity contribution is 0.0472. The molecule has 21 heavy (non-hydrogen) atoms. The fourth-order valence-electron chi connectivity index (χ4n) is 4.74. The van der Waals surface area contributed by atoms with Gasteiger partial charge in [0.05, 0.1) is 0 Å². The maximum atomic E-state index is 6.11. The lowest BCUT2D eigenvalue weighted by Gasteiger charge is -2.46. The van der Waals surface area contributed by atoms with Crippen LogP contribution >= 0.6 is 0 Å². The number of rotatable bonds is 6. The molecule has 2 nitrogen and oxygen atoms in total. The highest BCUT2D eigenvalue weighted by Crippen LogP contribution is 2.44. The summed E-state index contributed by atoms with van der Waals surface area (Å²) < 4.78 is 0. The summed E-state index contributed by atoms with van der Waals surface area (Å²) >= 11 is 0. The quantitative estimate of drug-likeness (QED) is 0.792. The van der Waals surface area contributed by atoms with Gasteiger partial charge in [-0.2, -0.15) is 0 Å². The van der Waals surface area contributed by atoms with E-state index in [2.05, 4.69) is 32.6 Å². The first-order valence-corrected chi connectivity index (χ1v) is 9.45. The molecule has 1 saturated heterocycles. The number of hydrogen-bond acceptors (Lipinski definition) is 2. The van der Waals surface area contributed by atoms with Crippen molar-refractivity contribution in [1.29, 1.82) is 0 Å². The Morgan fingerprint density at radius 1 is 1.14 bits per heavy atom. The number of nitrogens with two attached hydrogens (primary N) is 1. The summed E-state index contributed by atoms with van der Waals surface area (Å²) in [7, 11) is 0. The SMILES string of the molecule is CCCC1CCN(C2CC(C(C)(C)CC)CCC2CN)C1. The Morgan fingerprint density at radius 2 is 1.90 bits per heavy atom. The molecule has 4 unspecified atom stereocenters. The second kappa shape index (κ2) is 7.46. The molecular weight excluding hydrogens is 256 g/mol. The van der Waals surface area contributed by atoms with Crippen LogP contribution in [0.3, 0.4) is 0 Å². The van der Waals surface area contributed by atoms with Crippen molar-refractivity contribution in [2.45, 2.75) is 78.7 Å². The standard InChI is InChI=1S/C19H38N2/c1-5-7-15-10-11-21(14-15)18-12-17(19(3,4)6-2)9-8-16(18)13-20/h15-18H,5-14,20H2,1-4H3. The topological polar surface area (TPSA) is 29.3 Å². The zero-order valence-electron chi connectivity index (χ0n) is 14.9. The predicted octanol–water partition coefficient (Wildman–Crippen LogP) is 4.29. The van der Waals surface area contributed by atoms with E-state index in [1.54, 1.807) is 0 Å². The Labute approximate surface area is 132 Å². The first kappa shape index (κ1) is 17.3. The van der Waals surface area contributed by atoms with Crippen LogP contribution in [0.2, 0.25) is 0 Å². The first-order valence-electron chi connectivity index (χ1n) is 9.45. The van der Waals surface area contributed by atoms with Gasteiger partial charge in [-0.05, 0) is 68.4 Å². The van der Waals surface area contributed by atoms with Gasteiger partial charge in [0.1, 0.15) is 0 Å². The summed E-state index contributed by atoms with van der Waals surface area (Å²) in [5.41, 5.74) is 6.62. The van der Waals surface area contributed by atoms with E-state index in [0.29, 0.717) is 5.41 Å². The number of nitrogens with zero attached hydrogens (tertiary/aromatic N) is 1. The Bertz CT molecular complexity index is 313. The lowest BCUT2D eigenvalue weighted by atomic mass is 9.65. The molecule has 0 aromatic heterocycles. The zero-order valence-corrected chi connectivity index (χ0v) is 14.9. The maximum Gasteiger partial charge on any atom is 0.0138 e. The van der Waals surface area contributed by atoms with E-state index in [4.69, 9.17) is 5.73 Å². The monoisotopic (exact) mass is 294 g/mol. The highest BCUT2D eigenvalue weighted by Gasteiger charge is 2.40. The fourth-order valence-corrected chi connectivity index (χ4v) is 4.74. The molecule has 0 amide bonds. The van der Waals surface area contributed by atoms with E-state index in [1.165, 1.54) is 58.0 Å². The van der Waals surface area contributed by atoms with E-state index in [-0.39, 0.29) is 0 Å². The minimum absolute atomic E-state index is 0.500. The van der Waals surface area contributed by atoms with Crippen LogP contribution in [0.4, 0.5) is 0 Å². The van der Waals surface area contributed by atoms with Crippen LogP contribution in [-0.2, 0) is 0 Å². The normalized spacial score (nSPS) is 35.3. The molecule has 1 aliphatic carbocycles. The van der Waals surface area contributed by atoms with Crippen molar-refractivity contribution in [3.63, 3.8) is 0 Å². The molecule has 0 bridgehead atoms. The lowest BCUT2D eigenvalue weighted by Crippen LogP contribution is -2.48. The minimum Gasteiger partial charge on any atom is -0.330 e. The summed E-state index contributed by atoms with van der Waals surface area (Å²) in [4.78, 5) is 2.82. The average molecular weight is 295 g/mol. The van der Waals surface area contributed by atoms with Crippen LogP contribution in [0, 0.1) is 23.2 Å². The molecule has 0 aromatic rings. The summed E-state index contributed by atoms with van der Waals surface area (Å²) in [6.45, 7) is 13.2. The van der Waals surface area contributed by atoms with Crippen LogP contribution in [0.15, 0.2) is 0 Å². The fraction of sp³-hybridized carbons (Fsp3) is 1.00. The Hall–Kier alpha value is -0.0800. The number of hydrogen-bond donors (Lipinski definition) is 1. The molecular formula is C19H38N2. The molecule has 2 rings (SSSR count). The third kappa shape index (κ3) is 4.01. The molecule has 124 valence electrons. The van der Waals surface area contributed by atoms with Crippen LogP contribution in [0.5, 0.6) is 0 Å². The van der Waals surface area contributed by atoms with Gasteiger partial charge in [0.25, 0.3) is 0 Å². The largest absolute Gasteiger partial charge is 0.330 e. The Balaban J connectivity index is 2.00. The molecule has 2 fully saturated rings. The second-order valence-corrected chi connectivity index (χ2v) is 8.35. The Kier molecular flexibility index (Phi) is 6.14. The van der Waals surface area contributed by atoms with Crippen molar-refractivity contribution in [2.24, 2.45) is 28.9 Å². The van der Waals surface area contributed by atoms with Crippen molar-refractivity contribution < 1.29 is 0 Å². The molecule has 2 N–H and O–H groups in total. The van der Waals surface area contributed by atoms with Crippen LogP contribution in [-0.4, -0.2) is 30.6 Å². The minimum atomic E-state index is 0.500. The molecule has 1 saturated carbocycles. The second-order valence-electron chi connectivity index (χ2n) is 8.35. The summed E-state index contributed by atoms with van der Waals surface area (Å²) in [6.07, 6.45) is 9.62. The molecule has 0 spiro atoms. The Morgan fingerprint density at radius 3 is 2.52 bits per heavy atom. The van der Waals surface area contributed by atoms with E-state index in [9.17, 15) is 0 Å². The molecule has 2 heteroatoms. The van der Waals surface area contributed by atoms with Crippen molar-refractivity contribution in [3.05, 3.63) is 0 Å². The first-order chi connectivity index (χ1) is 10.0. The molecule has 4 atom stereocenters. The van der Waals surface area contributed by atoms with Crippen molar-refractivity contribution in [3.8, 4) is 0 Å². The van der Waals surface area contributed by atoms with E-state index in [1.807, 2.05) is 0 Å². The zero-order chi connectivity index (χ0) is 15.5. The van der Waals surface area contributed by atoms with Crippen LogP contribution in [0.1, 0.15) is 72.6 Å². The van der Waals surface area contributed by atoms with Crippen molar-refractivity contribution in [2.75, 3.05) is 19.6 Å². The van der Waals surface area contributed by atoms with Gasteiger partial charge in [-0.3, -0.25) is 4.90 Å². The van der Waals surface area contributed by atoms with Gasteiger partial charge in [-0.1, -0.05) is 40.5 Å². The molecule has 0 radical (unpaired) electrons. The highest BCUT2D eigenvalue weighted by molar-refractivity contribution is 4.94. The van der Waals surface area contributed by atoms with Crippen LogP contribution < -0.4 is 5.73 Å².